The van der Waals surface area contributed by atoms with Crippen LogP contribution in [0.1, 0.15) is 19.4 Å². The van der Waals surface area contributed by atoms with Gasteiger partial charge in [-0.25, -0.2) is 0 Å². The molecule has 0 radical (unpaired) electrons. The van der Waals surface area contributed by atoms with Crippen LogP contribution in [-0.4, -0.2) is 17.6 Å². The number of carbonyl (C=O) groups is 2. The third kappa shape index (κ3) is 3.24. The Hall–Kier alpha value is -2.27. The van der Waals surface area contributed by atoms with Gasteiger partial charge in [0.1, 0.15) is 0 Å². The second-order valence-corrected chi connectivity index (χ2v) is 7.01. The summed E-state index contributed by atoms with van der Waals surface area (Å²) in [6.45, 7) is 3.79. The van der Waals surface area contributed by atoms with Crippen LogP contribution in [0.2, 0.25) is 0 Å². The third-order valence-electron chi connectivity index (χ3n) is 3.93. The van der Waals surface area contributed by atoms with Crippen molar-refractivity contribution in [3.8, 4) is 0 Å². The summed E-state index contributed by atoms with van der Waals surface area (Å²) in [5, 5.41) is 5.78. The molecule has 0 aliphatic carbocycles. The van der Waals surface area contributed by atoms with Crippen molar-refractivity contribution >= 4 is 35.0 Å². The predicted molar refractivity (Wildman–Crippen MR) is 93.9 cm³/mol. The molecule has 2 aromatic carbocycles. The maximum absolute atomic E-state index is 12.7. The Morgan fingerprint density at radius 3 is 2.65 bits per heavy atom. The van der Waals surface area contributed by atoms with E-state index in [0.717, 1.165) is 16.1 Å². The van der Waals surface area contributed by atoms with E-state index in [-0.39, 0.29) is 11.8 Å². The second kappa shape index (κ2) is 6.08. The molecule has 0 unspecified atom stereocenters. The SMILES string of the molecule is CC(C)(C(=O)Nc1ccc2c(c1)NC(=O)CS2)c1ccccc1. The van der Waals surface area contributed by atoms with Crippen LogP contribution >= 0.6 is 11.8 Å². The van der Waals surface area contributed by atoms with Crippen molar-refractivity contribution in [2.45, 2.75) is 24.2 Å². The highest BCUT2D eigenvalue weighted by Gasteiger charge is 2.29. The molecule has 0 atom stereocenters. The highest BCUT2D eigenvalue weighted by Crippen LogP contribution is 2.34. The number of nitrogens with one attached hydrogen (secondary N) is 2. The lowest BCUT2D eigenvalue weighted by atomic mass is 9.83. The Morgan fingerprint density at radius 2 is 1.91 bits per heavy atom. The van der Waals surface area contributed by atoms with Crippen molar-refractivity contribution in [2.24, 2.45) is 0 Å². The second-order valence-electron chi connectivity index (χ2n) is 5.99. The molecule has 4 nitrogen and oxygen atoms in total. The first kappa shape index (κ1) is 15.6. The number of amides is 2. The number of benzene rings is 2. The van der Waals surface area contributed by atoms with Crippen molar-refractivity contribution in [1.82, 2.24) is 0 Å². The first-order valence-electron chi connectivity index (χ1n) is 7.40. The molecule has 2 amide bonds. The molecule has 118 valence electrons. The van der Waals surface area contributed by atoms with Gasteiger partial charge in [0.2, 0.25) is 11.8 Å². The van der Waals surface area contributed by atoms with Crippen LogP contribution in [0.5, 0.6) is 0 Å². The van der Waals surface area contributed by atoms with Gasteiger partial charge in [-0.05, 0) is 37.6 Å². The van der Waals surface area contributed by atoms with E-state index in [2.05, 4.69) is 10.6 Å². The Kier molecular flexibility index (Phi) is 4.13. The van der Waals surface area contributed by atoms with Gasteiger partial charge in [-0.2, -0.15) is 0 Å². The molecule has 1 aliphatic rings. The van der Waals surface area contributed by atoms with Gasteiger partial charge in [0.15, 0.2) is 0 Å². The molecule has 0 fully saturated rings. The van der Waals surface area contributed by atoms with Crippen molar-refractivity contribution in [1.29, 1.82) is 0 Å². The quantitative estimate of drug-likeness (QED) is 0.905. The lowest BCUT2D eigenvalue weighted by molar-refractivity contribution is -0.120. The number of anilines is 2. The molecular weight excluding hydrogens is 308 g/mol. The molecule has 23 heavy (non-hydrogen) atoms. The highest BCUT2D eigenvalue weighted by atomic mass is 32.2. The molecule has 0 bridgehead atoms. The fraction of sp³-hybridized carbons (Fsp3) is 0.222. The minimum absolute atomic E-state index is 0.0180. The van der Waals surface area contributed by atoms with Gasteiger partial charge < -0.3 is 10.6 Å². The van der Waals surface area contributed by atoms with Gasteiger partial charge in [0.25, 0.3) is 0 Å². The minimum atomic E-state index is -0.644. The molecule has 0 aromatic heterocycles. The minimum Gasteiger partial charge on any atom is -0.325 e. The summed E-state index contributed by atoms with van der Waals surface area (Å²) in [6.07, 6.45) is 0. The van der Waals surface area contributed by atoms with E-state index < -0.39 is 5.41 Å². The molecule has 0 saturated carbocycles. The summed E-state index contributed by atoms with van der Waals surface area (Å²) in [6, 6.07) is 15.3. The molecule has 3 rings (SSSR count). The Balaban J connectivity index is 1.80. The largest absolute Gasteiger partial charge is 0.325 e. The lowest BCUT2D eigenvalue weighted by Crippen LogP contribution is -2.34. The number of thioether (sulfide) groups is 1. The maximum Gasteiger partial charge on any atom is 0.234 e. The molecule has 1 aliphatic heterocycles. The number of hydrogen-bond acceptors (Lipinski definition) is 3. The van der Waals surface area contributed by atoms with E-state index >= 15 is 0 Å². The highest BCUT2D eigenvalue weighted by molar-refractivity contribution is 8.00. The average Bonchev–Trinajstić information content (AvgIpc) is 2.55. The zero-order chi connectivity index (χ0) is 16.4. The monoisotopic (exact) mass is 326 g/mol. The first-order valence-corrected chi connectivity index (χ1v) is 8.39. The molecule has 1 heterocycles. The van der Waals surface area contributed by atoms with Crippen LogP contribution in [0.4, 0.5) is 11.4 Å². The van der Waals surface area contributed by atoms with E-state index in [4.69, 9.17) is 0 Å². The van der Waals surface area contributed by atoms with Crippen molar-refractivity contribution in [3.05, 3.63) is 54.1 Å². The zero-order valence-corrected chi connectivity index (χ0v) is 13.9. The molecule has 0 saturated heterocycles. The topological polar surface area (TPSA) is 58.2 Å². The number of rotatable bonds is 3. The molecule has 0 spiro atoms. The van der Waals surface area contributed by atoms with E-state index in [9.17, 15) is 9.59 Å². The Bertz CT molecular complexity index is 757. The van der Waals surface area contributed by atoms with Crippen molar-refractivity contribution < 1.29 is 9.59 Å². The van der Waals surface area contributed by atoms with Crippen LogP contribution in [-0.2, 0) is 15.0 Å². The van der Waals surface area contributed by atoms with Gasteiger partial charge in [-0.1, -0.05) is 30.3 Å². The standard InChI is InChI=1S/C18H18N2O2S/c1-18(2,12-6-4-3-5-7-12)17(22)19-13-8-9-15-14(10-13)20-16(21)11-23-15/h3-10H,11H2,1-2H3,(H,19,22)(H,20,21). The van der Waals surface area contributed by atoms with Crippen LogP contribution in [0, 0.1) is 0 Å². The van der Waals surface area contributed by atoms with Crippen molar-refractivity contribution in [2.75, 3.05) is 16.4 Å². The lowest BCUT2D eigenvalue weighted by Gasteiger charge is -2.25. The number of fused-ring (bicyclic) bond motifs is 1. The molecule has 2 N–H and O–H groups in total. The summed E-state index contributed by atoms with van der Waals surface area (Å²) < 4.78 is 0. The Morgan fingerprint density at radius 1 is 1.17 bits per heavy atom. The first-order chi connectivity index (χ1) is 11.0. The fourth-order valence-corrected chi connectivity index (χ4v) is 3.22. The van der Waals surface area contributed by atoms with Gasteiger partial charge in [0, 0.05) is 10.6 Å². The molecular formula is C18H18N2O2S. The van der Waals surface area contributed by atoms with Crippen LogP contribution in [0.3, 0.4) is 0 Å². The summed E-state index contributed by atoms with van der Waals surface area (Å²) >= 11 is 1.50. The van der Waals surface area contributed by atoms with E-state index in [1.54, 1.807) is 6.07 Å². The molecule has 2 aromatic rings. The maximum atomic E-state index is 12.7. The average molecular weight is 326 g/mol. The van der Waals surface area contributed by atoms with Gasteiger partial charge >= 0.3 is 0 Å². The fourth-order valence-electron chi connectivity index (χ4n) is 2.43. The number of carbonyl (C=O) groups excluding carboxylic acids is 2. The van der Waals surface area contributed by atoms with E-state index in [1.807, 2.05) is 56.3 Å². The summed E-state index contributed by atoms with van der Waals surface area (Å²) in [5.74, 6) is 0.328. The molecule has 5 heteroatoms. The van der Waals surface area contributed by atoms with Crippen LogP contribution in [0.25, 0.3) is 0 Å². The summed E-state index contributed by atoms with van der Waals surface area (Å²) in [4.78, 5) is 25.2. The van der Waals surface area contributed by atoms with Crippen LogP contribution < -0.4 is 10.6 Å². The van der Waals surface area contributed by atoms with E-state index in [1.165, 1.54) is 11.8 Å². The van der Waals surface area contributed by atoms with Gasteiger partial charge in [0.05, 0.1) is 16.9 Å². The predicted octanol–water partition coefficient (Wildman–Crippen LogP) is 3.65. The van der Waals surface area contributed by atoms with Crippen molar-refractivity contribution in [3.63, 3.8) is 0 Å². The number of hydrogen-bond donors (Lipinski definition) is 2. The normalized spacial score (nSPS) is 13.9. The summed E-state index contributed by atoms with van der Waals surface area (Å²) in [5.41, 5.74) is 1.75. The summed E-state index contributed by atoms with van der Waals surface area (Å²) in [7, 11) is 0. The van der Waals surface area contributed by atoms with E-state index in [0.29, 0.717) is 11.4 Å². The smallest absolute Gasteiger partial charge is 0.234 e. The zero-order valence-electron chi connectivity index (χ0n) is 13.1. The van der Waals surface area contributed by atoms with Gasteiger partial charge in [-0.15, -0.1) is 11.8 Å². The van der Waals surface area contributed by atoms with Gasteiger partial charge in [-0.3, -0.25) is 9.59 Å². The Labute approximate surface area is 139 Å². The van der Waals surface area contributed by atoms with Crippen LogP contribution in [0.15, 0.2) is 53.4 Å². The third-order valence-corrected chi connectivity index (χ3v) is 5.01.